The monoisotopic (exact) mass is 306 g/mol. The van der Waals surface area contributed by atoms with Crippen molar-refractivity contribution >= 4 is 28.5 Å². The molecule has 21 heavy (non-hydrogen) atoms. The number of para-hydroxylation sites is 1. The van der Waals surface area contributed by atoms with E-state index in [2.05, 4.69) is 5.16 Å². The second kappa shape index (κ2) is 6.06. The summed E-state index contributed by atoms with van der Waals surface area (Å²) in [5, 5.41) is 5.14. The molecule has 1 amide bonds. The molecule has 2 heterocycles. The van der Waals surface area contributed by atoms with Crippen LogP contribution >= 0.6 is 11.6 Å². The molecule has 0 N–H and O–H groups in total. The molecule has 1 aliphatic heterocycles. The maximum Gasteiger partial charge on any atom is 0.228 e. The first-order valence-electron chi connectivity index (χ1n) is 7.40. The molecule has 1 aromatic heterocycles. The van der Waals surface area contributed by atoms with Crippen LogP contribution in [0, 0.1) is 5.92 Å². The van der Waals surface area contributed by atoms with Crippen LogP contribution in [0.4, 0.5) is 0 Å². The van der Waals surface area contributed by atoms with Gasteiger partial charge in [0.15, 0.2) is 5.58 Å². The fourth-order valence-electron chi connectivity index (χ4n) is 2.93. The van der Waals surface area contributed by atoms with Gasteiger partial charge in [-0.2, -0.15) is 0 Å². The minimum atomic E-state index is 0.120. The van der Waals surface area contributed by atoms with Crippen molar-refractivity contribution in [2.75, 3.05) is 13.1 Å². The van der Waals surface area contributed by atoms with Crippen molar-refractivity contribution < 1.29 is 9.32 Å². The van der Waals surface area contributed by atoms with E-state index in [1.54, 1.807) is 0 Å². The molecule has 1 atom stereocenters. The highest BCUT2D eigenvalue weighted by molar-refractivity contribution is 6.20. The molecule has 0 spiro atoms. The Kier molecular flexibility index (Phi) is 4.15. The standard InChI is InChI=1S/C16H19ClN2O2/c1-11(17)12-6-8-19(9-7-12)16(20)10-14-13-4-2-3-5-15(13)21-18-14/h2-5,11-12H,6-10H2,1H3. The summed E-state index contributed by atoms with van der Waals surface area (Å²) in [7, 11) is 0. The van der Waals surface area contributed by atoms with Gasteiger partial charge in [0.05, 0.1) is 6.42 Å². The van der Waals surface area contributed by atoms with E-state index in [1.807, 2.05) is 36.1 Å². The number of aromatic nitrogens is 1. The molecular weight excluding hydrogens is 288 g/mol. The molecule has 1 aliphatic rings. The minimum Gasteiger partial charge on any atom is -0.356 e. The molecule has 112 valence electrons. The zero-order valence-electron chi connectivity index (χ0n) is 12.1. The number of hydrogen-bond donors (Lipinski definition) is 0. The van der Waals surface area contributed by atoms with Gasteiger partial charge in [0.25, 0.3) is 0 Å². The van der Waals surface area contributed by atoms with Gasteiger partial charge in [-0.15, -0.1) is 11.6 Å². The number of piperidine rings is 1. The van der Waals surface area contributed by atoms with Gasteiger partial charge < -0.3 is 9.42 Å². The van der Waals surface area contributed by atoms with Crippen molar-refractivity contribution in [3.8, 4) is 0 Å². The summed E-state index contributed by atoms with van der Waals surface area (Å²) < 4.78 is 5.25. The maximum absolute atomic E-state index is 12.4. The van der Waals surface area contributed by atoms with Gasteiger partial charge in [-0.25, -0.2) is 0 Å². The number of hydrogen-bond acceptors (Lipinski definition) is 3. The zero-order valence-corrected chi connectivity index (χ0v) is 12.8. The smallest absolute Gasteiger partial charge is 0.228 e. The summed E-state index contributed by atoms with van der Waals surface area (Å²) in [6.45, 7) is 3.61. The molecule has 3 rings (SSSR count). The van der Waals surface area contributed by atoms with Crippen molar-refractivity contribution in [2.45, 2.75) is 31.6 Å². The summed E-state index contributed by atoms with van der Waals surface area (Å²) in [6, 6.07) is 7.64. The van der Waals surface area contributed by atoms with Gasteiger partial charge >= 0.3 is 0 Å². The van der Waals surface area contributed by atoms with Gasteiger partial charge in [-0.05, 0) is 37.8 Å². The van der Waals surface area contributed by atoms with Crippen molar-refractivity contribution in [3.05, 3.63) is 30.0 Å². The average molecular weight is 307 g/mol. The third-order valence-corrected chi connectivity index (χ3v) is 4.67. The Morgan fingerprint density at radius 3 is 2.86 bits per heavy atom. The Balaban J connectivity index is 1.65. The summed E-state index contributed by atoms with van der Waals surface area (Å²) in [6.07, 6.45) is 2.27. The quantitative estimate of drug-likeness (QED) is 0.818. The topological polar surface area (TPSA) is 46.3 Å². The van der Waals surface area contributed by atoms with Crippen molar-refractivity contribution in [2.24, 2.45) is 5.92 Å². The SMILES string of the molecule is CC(Cl)C1CCN(C(=O)Cc2noc3ccccc23)CC1. The Morgan fingerprint density at radius 2 is 2.14 bits per heavy atom. The Hall–Kier alpha value is -1.55. The van der Waals surface area contributed by atoms with Gasteiger partial charge in [-0.1, -0.05) is 17.3 Å². The van der Waals surface area contributed by atoms with Crippen LogP contribution in [0.1, 0.15) is 25.5 Å². The van der Waals surface area contributed by atoms with Crippen molar-refractivity contribution in [1.29, 1.82) is 0 Å². The first-order valence-corrected chi connectivity index (χ1v) is 7.84. The van der Waals surface area contributed by atoms with Gasteiger partial charge in [-0.3, -0.25) is 4.79 Å². The van der Waals surface area contributed by atoms with Crippen LogP contribution in [0.3, 0.4) is 0 Å². The highest BCUT2D eigenvalue weighted by Crippen LogP contribution is 2.25. The number of rotatable bonds is 3. The van der Waals surface area contributed by atoms with Crippen LogP contribution in [0.5, 0.6) is 0 Å². The highest BCUT2D eigenvalue weighted by Gasteiger charge is 2.26. The van der Waals surface area contributed by atoms with E-state index in [4.69, 9.17) is 16.1 Å². The van der Waals surface area contributed by atoms with E-state index in [0.29, 0.717) is 12.3 Å². The third-order valence-electron chi connectivity index (χ3n) is 4.31. The summed E-state index contributed by atoms with van der Waals surface area (Å²) in [4.78, 5) is 14.3. The average Bonchev–Trinajstić information content (AvgIpc) is 2.91. The lowest BCUT2D eigenvalue weighted by Crippen LogP contribution is -2.40. The summed E-state index contributed by atoms with van der Waals surface area (Å²) in [5.74, 6) is 0.637. The second-order valence-corrected chi connectivity index (χ2v) is 6.39. The van der Waals surface area contributed by atoms with Crippen molar-refractivity contribution in [3.63, 3.8) is 0 Å². The lowest BCUT2D eigenvalue weighted by atomic mass is 9.94. The first kappa shape index (κ1) is 14.4. The fraction of sp³-hybridized carbons (Fsp3) is 0.500. The van der Waals surface area contributed by atoms with Crippen LogP contribution in [0.15, 0.2) is 28.8 Å². The molecule has 5 heteroatoms. The molecule has 0 radical (unpaired) electrons. The summed E-state index contributed by atoms with van der Waals surface area (Å²) >= 11 is 6.14. The first-order chi connectivity index (χ1) is 10.1. The molecule has 1 fully saturated rings. The second-order valence-electron chi connectivity index (χ2n) is 5.70. The van der Waals surface area contributed by atoms with Crippen LogP contribution in [-0.2, 0) is 11.2 Å². The van der Waals surface area contributed by atoms with Gasteiger partial charge in [0.1, 0.15) is 5.69 Å². The lowest BCUT2D eigenvalue weighted by molar-refractivity contribution is -0.131. The fourth-order valence-corrected chi connectivity index (χ4v) is 3.18. The van der Waals surface area contributed by atoms with Crippen LogP contribution in [0.25, 0.3) is 11.0 Å². The number of amides is 1. The molecule has 0 aliphatic carbocycles. The molecule has 0 saturated carbocycles. The largest absolute Gasteiger partial charge is 0.356 e. The number of benzene rings is 1. The molecule has 0 bridgehead atoms. The molecule has 4 nitrogen and oxygen atoms in total. The predicted molar refractivity (Wildman–Crippen MR) is 82.3 cm³/mol. The molecule has 1 unspecified atom stereocenters. The highest BCUT2D eigenvalue weighted by atomic mass is 35.5. The Morgan fingerprint density at radius 1 is 1.43 bits per heavy atom. The number of carbonyl (C=O) groups is 1. The Labute approximate surface area is 129 Å². The zero-order chi connectivity index (χ0) is 14.8. The lowest BCUT2D eigenvalue weighted by Gasteiger charge is -2.33. The van der Waals surface area contributed by atoms with E-state index >= 15 is 0 Å². The van der Waals surface area contributed by atoms with E-state index in [1.165, 1.54) is 0 Å². The van der Waals surface area contributed by atoms with E-state index in [9.17, 15) is 4.79 Å². The van der Waals surface area contributed by atoms with Crippen molar-refractivity contribution in [1.82, 2.24) is 10.1 Å². The molecular formula is C16H19ClN2O2. The number of carbonyl (C=O) groups excluding carboxylic acids is 1. The van der Waals surface area contributed by atoms with E-state index in [0.717, 1.165) is 42.6 Å². The number of likely N-dealkylation sites (tertiary alicyclic amines) is 1. The predicted octanol–water partition coefficient (Wildman–Crippen LogP) is 3.24. The van der Waals surface area contributed by atoms with Crippen LogP contribution in [0.2, 0.25) is 0 Å². The maximum atomic E-state index is 12.4. The normalized spacial score (nSPS) is 18.1. The number of nitrogens with zero attached hydrogens (tertiary/aromatic N) is 2. The number of alkyl halides is 1. The van der Waals surface area contributed by atoms with Gasteiger partial charge in [0.2, 0.25) is 5.91 Å². The van der Waals surface area contributed by atoms with Gasteiger partial charge in [0, 0.05) is 23.9 Å². The van der Waals surface area contributed by atoms with E-state index in [-0.39, 0.29) is 11.3 Å². The Bertz CT molecular complexity index is 630. The number of halogens is 1. The number of fused-ring (bicyclic) bond motifs is 1. The third kappa shape index (κ3) is 3.05. The van der Waals surface area contributed by atoms with Crippen LogP contribution in [-0.4, -0.2) is 34.4 Å². The molecule has 1 saturated heterocycles. The molecule has 1 aromatic carbocycles. The summed E-state index contributed by atoms with van der Waals surface area (Å²) in [5.41, 5.74) is 1.46. The minimum absolute atomic E-state index is 0.120. The van der Waals surface area contributed by atoms with Crippen LogP contribution < -0.4 is 0 Å². The van der Waals surface area contributed by atoms with E-state index < -0.39 is 0 Å². The molecule has 2 aromatic rings.